The predicted octanol–water partition coefficient (Wildman–Crippen LogP) is 4.36. The molecule has 160 valence electrons. The predicted molar refractivity (Wildman–Crippen MR) is 116 cm³/mol. The number of aryl methyl sites for hydroxylation is 2. The van der Waals surface area contributed by atoms with Crippen LogP contribution in [-0.2, 0) is 9.63 Å². The van der Waals surface area contributed by atoms with E-state index in [9.17, 15) is 4.79 Å². The van der Waals surface area contributed by atoms with Gasteiger partial charge < -0.3 is 5.32 Å². The van der Waals surface area contributed by atoms with Gasteiger partial charge in [0.05, 0.1) is 17.6 Å². The van der Waals surface area contributed by atoms with Gasteiger partial charge in [0.2, 0.25) is 0 Å². The number of hydrogen-bond donors (Lipinski definition) is 2. The number of likely N-dealkylation sites (N-methyl/N-ethyl adjacent to an activating group) is 1. The molecule has 2 N–H and O–H groups in total. The summed E-state index contributed by atoms with van der Waals surface area (Å²) in [7, 11) is 0. The molecule has 2 aliphatic rings. The molecule has 1 amide bonds. The normalized spacial score (nSPS) is 19.6. The largest absolute Gasteiger partial charge is 0.354 e. The summed E-state index contributed by atoms with van der Waals surface area (Å²) in [4.78, 5) is 19.8. The Hall–Kier alpha value is -2.05. The molecule has 1 unspecified atom stereocenters. The van der Waals surface area contributed by atoms with Crippen LogP contribution in [0.2, 0.25) is 0 Å². The third kappa shape index (κ3) is 4.28. The minimum Gasteiger partial charge on any atom is -0.354 e. The maximum Gasteiger partial charge on any atom is 0.255 e. The average Bonchev–Trinajstić information content (AvgIpc) is 3.28. The van der Waals surface area contributed by atoms with Crippen LogP contribution in [0.15, 0.2) is 30.1 Å². The zero-order valence-electron chi connectivity index (χ0n) is 18.7. The molecule has 1 fully saturated rings. The molecule has 0 aromatic heterocycles. The number of amides is 1. The van der Waals surface area contributed by atoms with Gasteiger partial charge in [0.15, 0.2) is 5.60 Å². The van der Waals surface area contributed by atoms with Crippen LogP contribution in [-0.4, -0.2) is 23.2 Å². The van der Waals surface area contributed by atoms with E-state index in [0.717, 1.165) is 37.1 Å². The van der Waals surface area contributed by atoms with Crippen molar-refractivity contribution in [2.24, 2.45) is 11.8 Å². The minimum atomic E-state index is -0.894. The van der Waals surface area contributed by atoms with Crippen molar-refractivity contribution in [3.05, 3.63) is 41.2 Å². The molecule has 1 aromatic rings. The van der Waals surface area contributed by atoms with E-state index in [4.69, 9.17) is 4.84 Å². The van der Waals surface area contributed by atoms with E-state index in [1.165, 1.54) is 11.1 Å². The molecule has 1 aliphatic heterocycles. The van der Waals surface area contributed by atoms with E-state index in [-0.39, 0.29) is 17.7 Å². The number of benzene rings is 1. The van der Waals surface area contributed by atoms with E-state index in [1.807, 2.05) is 25.1 Å². The fourth-order valence-electron chi connectivity index (χ4n) is 4.78. The van der Waals surface area contributed by atoms with Gasteiger partial charge in [-0.2, -0.15) is 5.17 Å². The van der Waals surface area contributed by atoms with Crippen LogP contribution in [0.25, 0.3) is 0 Å². The van der Waals surface area contributed by atoms with Crippen molar-refractivity contribution in [1.29, 1.82) is 0 Å². The Morgan fingerprint density at radius 3 is 2.38 bits per heavy atom. The van der Waals surface area contributed by atoms with Crippen LogP contribution in [0.5, 0.6) is 0 Å². The first-order valence-electron chi connectivity index (χ1n) is 10.9. The first-order chi connectivity index (χ1) is 13.8. The number of hydrazine groups is 2. The van der Waals surface area contributed by atoms with Crippen molar-refractivity contribution in [3.8, 4) is 0 Å². The highest BCUT2D eigenvalue weighted by Crippen LogP contribution is 2.42. The summed E-state index contributed by atoms with van der Waals surface area (Å²) in [5.41, 5.74) is 6.90. The summed E-state index contributed by atoms with van der Waals surface area (Å²) in [6, 6.07) is 6.43. The fraction of sp³-hybridized carbons (Fsp3) is 0.609. The smallest absolute Gasteiger partial charge is 0.255 e. The SMILES string of the molecule is CCNC(=O)C(ON1C=C(C)N(c2cc(C)cc(C)c2)N1)(C(C)C)C1CCCC1. The highest BCUT2D eigenvalue weighted by Gasteiger charge is 2.52. The Balaban J connectivity index is 1.87. The first-order valence-corrected chi connectivity index (χ1v) is 10.9. The van der Waals surface area contributed by atoms with Crippen LogP contribution >= 0.6 is 0 Å². The molecule has 1 saturated carbocycles. The number of carbonyl (C=O) groups excluding carboxylic acids is 1. The standard InChI is InChI=1S/C23H36N4O2/c1-7-24-22(28)23(16(2)3,20-10-8-9-11-20)29-26-15-19(6)27(25-26)21-13-17(4)12-18(5)14-21/h12-16,20,25H,7-11H2,1-6H3,(H,24,28). The number of anilines is 1. The maximum atomic E-state index is 13.3. The Labute approximate surface area is 175 Å². The van der Waals surface area contributed by atoms with Gasteiger partial charge in [-0.1, -0.05) is 32.8 Å². The number of nitrogens with zero attached hydrogens (tertiary/aromatic N) is 2. The molecule has 29 heavy (non-hydrogen) atoms. The monoisotopic (exact) mass is 400 g/mol. The van der Waals surface area contributed by atoms with Crippen LogP contribution in [0.3, 0.4) is 0 Å². The molecule has 6 nitrogen and oxygen atoms in total. The summed E-state index contributed by atoms with van der Waals surface area (Å²) in [6.07, 6.45) is 6.26. The van der Waals surface area contributed by atoms with Crippen molar-refractivity contribution in [1.82, 2.24) is 16.0 Å². The van der Waals surface area contributed by atoms with Crippen LogP contribution in [0, 0.1) is 25.7 Å². The molecule has 0 bridgehead atoms. The van der Waals surface area contributed by atoms with Crippen molar-refractivity contribution < 1.29 is 9.63 Å². The van der Waals surface area contributed by atoms with Crippen LogP contribution in [0.4, 0.5) is 5.69 Å². The molecular weight excluding hydrogens is 364 g/mol. The van der Waals surface area contributed by atoms with Gasteiger partial charge >= 0.3 is 0 Å². The molecule has 1 heterocycles. The molecule has 0 radical (unpaired) electrons. The quantitative estimate of drug-likeness (QED) is 0.712. The molecule has 3 rings (SSSR count). The Kier molecular flexibility index (Phi) is 6.54. The van der Waals surface area contributed by atoms with E-state index in [2.05, 4.69) is 56.7 Å². The molecular formula is C23H36N4O2. The second-order valence-electron chi connectivity index (χ2n) is 8.76. The summed E-state index contributed by atoms with van der Waals surface area (Å²) in [5.74, 6) is 0.238. The van der Waals surface area contributed by atoms with E-state index < -0.39 is 5.60 Å². The molecule has 0 spiro atoms. The molecule has 0 saturated heterocycles. The minimum absolute atomic E-state index is 0.0143. The molecule has 1 aliphatic carbocycles. The summed E-state index contributed by atoms with van der Waals surface area (Å²) < 4.78 is 0. The summed E-state index contributed by atoms with van der Waals surface area (Å²) in [5, 5.41) is 6.66. The zero-order valence-corrected chi connectivity index (χ0v) is 18.7. The molecule has 6 heteroatoms. The Bertz CT molecular complexity index is 750. The van der Waals surface area contributed by atoms with E-state index >= 15 is 0 Å². The van der Waals surface area contributed by atoms with Gasteiger partial charge in [-0.05, 0) is 75.6 Å². The average molecular weight is 401 g/mol. The number of hydroxylamine groups is 1. The second-order valence-corrected chi connectivity index (χ2v) is 8.76. The van der Waals surface area contributed by atoms with Crippen molar-refractivity contribution >= 4 is 11.6 Å². The van der Waals surface area contributed by atoms with Crippen molar-refractivity contribution in [3.63, 3.8) is 0 Å². The lowest BCUT2D eigenvalue weighted by atomic mass is 9.76. The van der Waals surface area contributed by atoms with Crippen LogP contribution < -0.4 is 15.9 Å². The molecule has 1 atom stereocenters. The van der Waals surface area contributed by atoms with Crippen molar-refractivity contribution in [2.45, 2.75) is 72.8 Å². The van der Waals surface area contributed by atoms with Gasteiger partial charge in [-0.15, -0.1) is 5.53 Å². The van der Waals surface area contributed by atoms with Gasteiger partial charge in [-0.3, -0.25) is 9.80 Å². The van der Waals surface area contributed by atoms with Crippen LogP contribution in [0.1, 0.15) is 64.5 Å². The molecule has 1 aromatic carbocycles. The lowest BCUT2D eigenvalue weighted by molar-refractivity contribution is -0.265. The first kappa shape index (κ1) is 21.7. The zero-order chi connectivity index (χ0) is 21.2. The van der Waals surface area contributed by atoms with E-state index in [0.29, 0.717) is 6.54 Å². The number of rotatable bonds is 7. The number of hydrogen-bond acceptors (Lipinski definition) is 5. The van der Waals surface area contributed by atoms with Gasteiger partial charge in [0.1, 0.15) is 0 Å². The third-order valence-corrected chi connectivity index (χ3v) is 6.08. The Morgan fingerprint density at radius 1 is 1.21 bits per heavy atom. The number of nitrogens with one attached hydrogen (secondary N) is 2. The van der Waals surface area contributed by atoms with Gasteiger partial charge in [0, 0.05) is 6.54 Å². The Morgan fingerprint density at radius 2 is 1.83 bits per heavy atom. The highest BCUT2D eigenvalue weighted by molar-refractivity contribution is 5.86. The van der Waals surface area contributed by atoms with Crippen molar-refractivity contribution in [2.75, 3.05) is 11.6 Å². The third-order valence-electron chi connectivity index (χ3n) is 6.08. The van der Waals surface area contributed by atoms with Gasteiger partial charge in [0.25, 0.3) is 5.91 Å². The number of allylic oxidation sites excluding steroid dienone is 1. The topological polar surface area (TPSA) is 56.8 Å². The van der Waals surface area contributed by atoms with E-state index in [1.54, 1.807) is 5.17 Å². The summed E-state index contributed by atoms with van der Waals surface area (Å²) in [6.45, 7) is 13.0. The van der Waals surface area contributed by atoms with Gasteiger partial charge in [-0.25, -0.2) is 4.84 Å². The lowest BCUT2D eigenvalue weighted by Crippen LogP contribution is -2.60. The fourth-order valence-corrected chi connectivity index (χ4v) is 4.78. The second kappa shape index (κ2) is 8.76. The highest BCUT2D eigenvalue weighted by atomic mass is 16.7. The lowest BCUT2D eigenvalue weighted by Gasteiger charge is -2.42. The number of carbonyl (C=O) groups is 1. The maximum absolute atomic E-state index is 13.3. The summed E-state index contributed by atoms with van der Waals surface area (Å²) >= 11 is 0.